The molecule has 29 heavy (non-hydrogen) atoms. The van der Waals surface area contributed by atoms with Crippen LogP contribution in [0.2, 0.25) is 0 Å². The molecule has 162 valence electrons. The fourth-order valence-corrected chi connectivity index (χ4v) is 4.18. The summed E-state index contributed by atoms with van der Waals surface area (Å²) in [7, 11) is 0. The molecule has 0 heterocycles. The van der Waals surface area contributed by atoms with Crippen LogP contribution in [0.5, 0.6) is 5.75 Å². The first-order valence-corrected chi connectivity index (χ1v) is 10.2. The van der Waals surface area contributed by atoms with Gasteiger partial charge in [0, 0.05) is 24.6 Å². The van der Waals surface area contributed by atoms with Crippen molar-refractivity contribution in [3.05, 3.63) is 29.8 Å². The number of primary amides is 1. The van der Waals surface area contributed by atoms with Crippen molar-refractivity contribution in [2.75, 3.05) is 19.8 Å². The minimum atomic E-state index is -0.488. The molecule has 1 amide bonds. The molecule has 2 unspecified atom stereocenters. The predicted octanol–water partition coefficient (Wildman–Crippen LogP) is 2.57. The molecule has 3 rings (SSSR count). The van der Waals surface area contributed by atoms with Gasteiger partial charge in [-0.2, -0.15) is 0 Å². The summed E-state index contributed by atoms with van der Waals surface area (Å²) >= 11 is 0. The third-order valence-electron chi connectivity index (χ3n) is 5.79. The maximum absolute atomic E-state index is 10.9. The van der Waals surface area contributed by atoms with Gasteiger partial charge in [0.1, 0.15) is 5.75 Å². The fraction of sp³-hybridized carbons (Fsp3) is 0.619. The smallest absolute Gasteiger partial charge is 0.255 e. The molecule has 2 saturated carbocycles. The van der Waals surface area contributed by atoms with E-state index >= 15 is 0 Å². The zero-order valence-corrected chi connectivity index (χ0v) is 19.6. The highest BCUT2D eigenvalue weighted by molar-refractivity contribution is 14.0. The van der Waals surface area contributed by atoms with E-state index in [2.05, 4.69) is 24.5 Å². The molecular formula is C21H33IN4O3. The molecule has 0 aliphatic heterocycles. The Balaban J connectivity index is 0.00000300. The van der Waals surface area contributed by atoms with Crippen LogP contribution in [-0.4, -0.2) is 43.8 Å². The van der Waals surface area contributed by atoms with E-state index in [1.54, 1.807) is 0 Å². The zero-order valence-electron chi connectivity index (χ0n) is 17.3. The molecule has 0 bridgehead atoms. The summed E-state index contributed by atoms with van der Waals surface area (Å²) < 4.78 is 11.3. The summed E-state index contributed by atoms with van der Waals surface area (Å²) in [6.07, 6.45) is 5.16. The lowest BCUT2D eigenvalue weighted by Crippen LogP contribution is -2.68. The van der Waals surface area contributed by atoms with Gasteiger partial charge < -0.3 is 25.8 Å². The van der Waals surface area contributed by atoms with Crippen LogP contribution in [-0.2, 0) is 16.1 Å². The normalized spacial score (nSPS) is 22.1. The minimum absolute atomic E-state index is 0. The van der Waals surface area contributed by atoms with Gasteiger partial charge in [-0.1, -0.05) is 18.6 Å². The number of nitrogens with zero attached hydrogens (tertiary/aromatic N) is 1. The molecule has 0 aromatic heterocycles. The van der Waals surface area contributed by atoms with Gasteiger partial charge in [0.05, 0.1) is 12.6 Å². The predicted molar refractivity (Wildman–Crippen MR) is 125 cm³/mol. The molecule has 2 aliphatic carbocycles. The number of halogens is 1. The maximum atomic E-state index is 10.9. The summed E-state index contributed by atoms with van der Waals surface area (Å²) in [5.74, 6) is 0.964. The molecule has 2 atom stereocenters. The lowest BCUT2D eigenvalue weighted by atomic mass is 9.51. The van der Waals surface area contributed by atoms with Gasteiger partial charge in [-0.25, -0.2) is 4.99 Å². The van der Waals surface area contributed by atoms with E-state index in [9.17, 15) is 4.79 Å². The number of ether oxygens (including phenoxy) is 2. The molecule has 1 spiro atoms. The molecule has 8 heteroatoms. The van der Waals surface area contributed by atoms with Crippen LogP contribution >= 0.6 is 24.0 Å². The SMILES string of the molecule is CCNC(=NCc1cccc(OCC(N)=O)c1)NC1CC(OCC)C12CCC2.I. The van der Waals surface area contributed by atoms with Crippen molar-refractivity contribution < 1.29 is 14.3 Å². The van der Waals surface area contributed by atoms with Crippen LogP contribution in [0.4, 0.5) is 0 Å². The second kappa shape index (κ2) is 11.0. The molecule has 2 aliphatic rings. The van der Waals surface area contributed by atoms with E-state index < -0.39 is 5.91 Å². The Hall–Kier alpha value is -1.55. The zero-order chi connectivity index (χ0) is 20.0. The number of nitrogens with two attached hydrogens (primary N) is 1. The summed E-state index contributed by atoms with van der Waals surface area (Å²) in [6.45, 7) is 6.13. The molecule has 4 N–H and O–H groups in total. The minimum Gasteiger partial charge on any atom is -0.484 e. The highest BCUT2D eigenvalue weighted by atomic mass is 127. The van der Waals surface area contributed by atoms with Gasteiger partial charge in [-0.05, 0) is 50.8 Å². The van der Waals surface area contributed by atoms with E-state index in [0.717, 1.165) is 31.1 Å². The Kier molecular flexibility index (Phi) is 9.01. The van der Waals surface area contributed by atoms with Gasteiger partial charge in [-0.3, -0.25) is 4.79 Å². The number of rotatable bonds is 9. The van der Waals surface area contributed by atoms with Crippen molar-refractivity contribution in [3.63, 3.8) is 0 Å². The number of hydrogen-bond donors (Lipinski definition) is 3. The number of benzene rings is 1. The fourth-order valence-electron chi connectivity index (χ4n) is 4.18. The first kappa shape index (κ1) is 23.7. The molecule has 1 aromatic carbocycles. The van der Waals surface area contributed by atoms with Crippen molar-refractivity contribution in [2.24, 2.45) is 16.1 Å². The molecule has 1 aromatic rings. The van der Waals surface area contributed by atoms with Crippen molar-refractivity contribution in [1.82, 2.24) is 10.6 Å². The van der Waals surface area contributed by atoms with Gasteiger partial charge in [0.25, 0.3) is 5.91 Å². The topological polar surface area (TPSA) is 98.0 Å². The number of carbonyl (C=O) groups is 1. The van der Waals surface area contributed by atoms with Crippen molar-refractivity contribution in [3.8, 4) is 5.75 Å². The van der Waals surface area contributed by atoms with Crippen LogP contribution in [0, 0.1) is 5.41 Å². The van der Waals surface area contributed by atoms with Crippen molar-refractivity contribution in [1.29, 1.82) is 0 Å². The number of carbonyl (C=O) groups excluding carboxylic acids is 1. The van der Waals surface area contributed by atoms with E-state index in [1.807, 2.05) is 24.3 Å². The van der Waals surface area contributed by atoms with Gasteiger partial charge >= 0.3 is 0 Å². The van der Waals surface area contributed by atoms with Gasteiger partial charge in [-0.15, -0.1) is 24.0 Å². The number of aliphatic imine (C=N–C) groups is 1. The molecule has 0 radical (unpaired) electrons. The first-order chi connectivity index (χ1) is 13.6. The lowest BCUT2D eigenvalue weighted by Gasteiger charge is -2.61. The summed E-state index contributed by atoms with van der Waals surface area (Å²) in [4.78, 5) is 15.6. The third kappa shape index (κ3) is 5.75. The van der Waals surface area contributed by atoms with E-state index in [4.69, 9.17) is 20.2 Å². The van der Waals surface area contributed by atoms with Crippen molar-refractivity contribution in [2.45, 2.75) is 58.2 Å². The second-order valence-corrected chi connectivity index (χ2v) is 7.56. The van der Waals surface area contributed by atoms with Crippen LogP contribution in [0.15, 0.2) is 29.3 Å². The first-order valence-electron chi connectivity index (χ1n) is 10.2. The summed E-state index contributed by atoms with van der Waals surface area (Å²) in [5.41, 5.74) is 6.43. The summed E-state index contributed by atoms with van der Waals surface area (Å²) in [6, 6.07) is 8.00. The average molecular weight is 516 g/mol. The quantitative estimate of drug-likeness (QED) is 0.266. The lowest BCUT2D eigenvalue weighted by molar-refractivity contribution is -0.168. The van der Waals surface area contributed by atoms with Gasteiger partial charge in [0.2, 0.25) is 0 Å². The Bertz CT molecular complexity index is 709. The Morgan fingerprint density at radius 3 is 2.76 bits per heavy atom. The molecule has 2 fully saturated rings. The average Bonchev–Trinajstić information content (AvgIpc) is 2.62. The van der Waals surface area contributed by atoms with Crippen molar-refractivity contribution >= 4 is 35.8 Å². The Morgan fingerprint density at radius 2 is 2.14 bits per heavy atom. The molecule has 0 saturated heterocycles. The number of nitrogens with one attached hydrogen (secondary N) is 2. The highest BCUT2D eigenvalue weighted by Crippen LogP contribution is 2.57. The van der Waals surface area contributed by atoms with Crippen LogP contribution in [0.1, 0.15) is 45.1 Å². The summed E-state index contributed by atoms with van der Waals surface area (Å²) in [5, 5.41) is 6.97. The van der Waals surface area contributed by atoms with Crippen LogP contribution in [0.3, 0.4) is 0 Å². The monoisotopic (exact) mass is 516 g/mol. The standard InChI is InChI=1S/C21H32N4O3.HI/c1-3-23-20(25-17-12-18(27-4-2)21(17)9-6-10-21)24-13-15-7-5-8-16(11-15)28-14-19(22)26;/h5,7-8,11,17-18H,3-4,6,9-10,12-14H2,1-2H3,(H2,22,26)(H2,23,24,25);1H. The van der Waals surface area contributed by atoms with Gasteiger partial charge in [0.15, 0.2) is 12.6 Å². The second-order valence-electron chi connectivity index (χ2n) is 7.56. The Morgan fingerprint density at radius 1 is 1.34 bits per heavy atom. The largest absolute Gasteiger partial charge is 0.484 e. The number of amides is 1. The van der Waals surface area contributed by atoms with E-state index in [0.29, 0.717) is 24.4 Å². The Labute approximate surface area is 190 Å². The number of hydrogen-bond acceptors (Lipinski definition) is 4. The van der Waals surface area contributed by atoms with Crippen LogP contribution in [0.25, 0.3) is 0 Å². The number of guanidine groups is 1. The van der Waals surface area contributed by atoms with E-state index in [1.165, 1.54) is 19.3 Å². The molecular weight excluding hydrogens is 483 g/mol. The highest BCUT2D eigenvalue weighted by Gasteiger charge is 2.59. The van der Waals surface area contributed by atoms with Crippen LogP contribution < -0.4 is 21.1 Å². The third-order valence-corrected chi connectivity index (χ3v) is 5.79. The maximum Gasteiger partial charge on any atom is 0.255 e. The molecule has 7 nitrogen and oxygen atoms in total. The van der Waals surface area contributed by atoms with E-state index in [-0.39, 0.29) is 36.0 Å².